The molecule has 1 aliphatic rings. The first-order valence-electron chi connectivity index (χ1n) is 6.45. The maximum atomic E-state index is 14.5. The number of rotatable bonds is 3. The Labute approximate surface area is 116 Å². The van der Waals surface area contributed by atoms with Crippen LogP contribution in [0.5, 0.6) is 0 Å². The van der Waals surface area contributed by atoms with E-state index in [2.05, 4.69) is 5.32 Å². The summed E-state index contributed by atoms with van der Waals surface area (Å²) in [6.07, 6.45) is -1.31. The lowest BCUT2D eigenvalue weighted by atomic mass is 10.0. The highest BCUT2D eigenvalue weighted by molar-refractivity contribution is 5.87. The van der Waals surface area contributed by atoms with Crippen molar-refractivity contribution in [2.24, 2.45) is 0 Å². The van der Waals surface area contributed by atoms with Crippen molar-refractivity contribution in [1.29, 1.82) is 0 Å². The second-order valence-corrected chi connectivity index (χ2v) is 5.03. The van der Waals surface area contributed by atoms with Gasteiger partial charge in [0.2, 0.25) is 5.67 Å². The fourth-order valence-electron chi connectivity index (χ4n) is 2.27. The van der Waals surface area contributed by atoms with E-state index in [1.807, 2.05) is 30.3 Å². The minimum absolute atomic E-state index is 0.0406. The molecule has 1 saturated heterocycles. The van der Waals surface area contributed by atoms with Gasteiger partial charge in [-0.15, -0.1) is 0 Å². The van der Waals surface area contributed by atoms with Crippen LogP contribution in [0.3, 0.4) is 0 Å². The van der Waals surface area contributed by atoms with E-state index in [0.29, 0.717) is 0 Å². The van der Waals surface area contributed by atoms with Gasteiger partial charge in [-0.3, -0.25) is 4.79 Å². The normalized spacial score (nSPS) is 23.4. The van der Waals surface area contributed by atoms with Gasteiger partial charge in [0.05, 0.1) is 12.6 Å². The van der Waals surface area contributed by atoms with Crippen molar-refractivity contribution in [2.45, 2.75) is 25.1 Å². The number of amides is 2. The molecule has 0 spiro atoms. The van der Waals surface area contributed by atoms with E-state index in [1.54, 1.807) is 6.92 Å². The number of carbonyl (C=O) groups is 2. The average molecular weight is 280 g/mol. The Kier molecular flexibility index (Phi) is 3.92. The minimum Gasteiger partial charge on any atom is -0.465 e. The number of likely N-dealkylation sites (tertiary alicyclic amines) is 1. The van der Waals surface area contributed by atoms with Gasteiger partial charge < -0.3 is 15.3 Å². The van der Waals surface area contributed by atoms with Crippen LogP contribution >= 0.6 is 0 Å². The molecule has 6 heteroatoms. The van der Waals surface area contributed by atoms with E-state index in [1.165, 1.54) is 0 Å². The first-order chi connectivity index (χ1) is 9.42. The predicted octanol–water partition coefficient (Wildman–Crippen LogP) is 1.96. The van der Waals surface area contributed by atoms with Crippen LogP contribution in [0.25, 0.3) is 0 Å². The average Bonchev–Trinajstić information content (AvgIpc) is 2.84. The molecule has 2 atom stereocenters. The van der Waals surface area contributed by atoms with Gasteiger partial charge in [0.25, 0.3) is 5.91 Å². The Morgan fingerprint density at radius 1 is 1.40 bits per heavy atom. The Morgan fingerprint density at radius 2 is 2.05 bits per heavy atom. The van der Waals surface area contributed by atoms with Gasteiger partial charge in [0, 0.05) is 13.0 Å². The minimum atomic E-state index is -2.14. The molecule has 2 amide bonds. The Bertz CT molecular complexity index is 508. The van der Waals surface area contributed by atoms with E-state index in [0.717, 1.165) is 10.5 Å². The van der Waals surface area contributed by atoms with Crippen molar-refractivity contribution in [1.82, 2.24) is 10.2 Å². The zero-order chi connectivity index (χ0) is 14.8. The zero-order valence-corrected chi connectivity index (χ0v) is 11.2. The molecule has 5 nitrogen and oxygen atoms in total. The fourth-order valence-corrected chi connectivity index (χ4v) is 2.27. The highest BCUT2D eigenvalue weighted by Gasteiger charge is 2.47. The topological polar surface area (TPSA) is 69.6 Å². The predicted molar refractivity (Wildman–Crippen MR) is 71.1 cm³/mol. The molecular formula is C14H17FN2O3. The number of benzene rings is 1. The molecule has 1 fully saturated rings. The first kappa shape index (κ1) is 14.3. The number of halogens is 1. The number of carbonyl (C=O) groups excluding carboxylic acids is 1. The van der Waals surface area contributed by atoms with Gasteiger partial charge in [-0.1, -0.05) is 30.3 Å². The molecule has 0 aliphatic carbocycles. The maximum Gasteiger partial charge on any atom is 0.407 e. The molecule has 0 saturated carbocycles. The van der Waals surface area contributed by atoms with Crippen molar-refractivity contribution >= 4 is 12.0 Å². The molecule has 0 aromatic heterocycles. The number of hydrogen-bond donors (Lipinski definition) is 2. The van der Waals surface area contributed by atoms with Crippen LogP contribution in [-0.4, -0.2) is 40.8 Å². The van der Waals surface area contributed by atoms with Crippen molar-refractivity contribution in [2.75, 3.05) is 13.1 Å². The highest BCUT2D eigenvalue weighted by Crippen LogP contribution is 2.27. The summed E-state index contributed by atoms with van der Waals surface area (Å²) in [7, 11) is 0. The lowest BCUT2D eigenvalue weighted by Crippen LogP contribution is -2.46. The van der Waals surface area contributed by atoms with Crippen LogP contribution in [-0.2, 0) is 4.79 Å². The molecule has 1 aromatic carbocycles. The number of alkyl halides is 1. The second kappa shape index (κ2) is 5.48. The van der Waals surface area contributed by atoms with E-state index >= 15 is 0 Å². The summed E-state index contributed by atoms with van der Waals surface area (Å²) in [6, 6.07) is 8.89. The van der Waals surface area contributed by atoms with Crippen LogP contribution < -0.4 is 5.32 Å². The fraction of sp³-hybridized carbons (Fsp3) is 0.429. The number of hydrogen-bond acceptors (Lipinski definition) is 2. The van der Waals surface area contributed by atoms with Crippen LogP contribution in [0, 0.1) is 0 Å². The molecule has 0 bridgehead atoms. The van der Waals surface area contributed by atoms with Gasteiger partial charge in [-0.2, -0.15) is 0 Å². The van der Waals surface area contributed by atoms with E-state index in [-0.39, 0.29) is 19.0 Å². The third-order valence-corrected chi connectivity index (χ3v) is 3.54. The van der Waals surface area contributed by atoms with E-state index in [9.17, 15) is 14.0 Å². The lowest BCUT2D eigenvalue weighted by molar-refractivity contribution is -0.132. The number of carboxylic acid groups (broad SMARTS) is 1. The molecule has 1 aliphatic heterocycles. The van der Waals surface area contributed by atoms with Crippen molar-refractivity contribution in [3.63, 3.8) is 0 Å². The summed E-state index contributed by atoms with van der Waals surface area (Å²) in [5.41, 5.74) is -1.26. The van der Waals surface area contributed by atoms with Crippen molar-refractivity contribution in [3.05, 3.63) is 35.9 Å². The third-order valence-electron chi connectivity index (χ3n) is 3.54. The lowest BCUT2D eigenvalue weighted by Gasteiger charge is -2.22. The molecule has 1 heterocycles. The standard InChI is InChI=1S/C14H17FN2O3/c1-10(11-5-3-2-4-6-11)16-12(18)14(15)7-8-17(9-14)13(19)20/h2-6,10H,7-9H2,1H3,(H,16,18)(H,19,20)/t10-,14?/m1/s1. The van der Waals surface area contributed by atoms with Gasteiger partial charge in [-0.05, 0) is 12.5 Å². The summed E-state index contributed by atoms with van der Waals surface area (Å²) in [6.45, 7) is 1.40. The summed E-state index contributed by atoms with van der Waals surface area (Å²) in [5, 5.41) is 11.4. The quantitative estimate of drug-likeness (QED) is 0.889. The second-order valence-electron chi connectivity index (χ2n) is 5.03. The maximum absolute atomic E-state index is 14.5. The Balaban J connectivity index is 2.00. The smallest absolute Gasteiger partial charge is 0.407 e. The van der Waals surface area contributed by atoms with Crippen LogP contribution in [0.1, 0.15) is 24.9 Å². The molecule has 0 radical (unpaired) electrons. The highest BCUT2D eigenvalue weighted by atomic mass is 19.1. The van der Waals surface area contributed by atoms with Crippen LogP contribution in [0.15, 0.2) is 30.3 Å². The summed E-state index contributed by atoms with van der Waals surface area (Å²) in [4.78, 5) is 23.7. The zero-order valence-electron chi connectivity index (χ0n) is 11.2. The SMILES string of the molecule is C[C@@H](NC(=O)C1(F)CCN(C(=O)O)C1)c1ccccc1. The molecule has 2 rings (SSSR count). The summed E-state index contributed by atoms with van der Waals surface area (Å²) >= 11 is 0. The Hall–Kier alpha value is -2.11. The largest absolute Gasteiger partial charge is 0.465 e. The first-order valence-corrected chi connectivity index (χ1v) is 6.45. The molecule has 1 unspecified atom stereocenters. The van der Waals surface area contributed by atoms with Crippen molar-refractivity contribution < 1.29 is 19.1 Å². The number of nitrogens with one attached hydrogen (secondary N) is 1. The van der Waals surface area contributed by atoms with Crippen LogP contribution in [0.2, 0.25) is 0 Å². The van der Waals surface area contributed by atoms with E-state index < -0.39 is 24.2 Å². The molecule has 108 valence electrons. The summed E-state index contributed by atoms with van der Waals surface area (Å²) < 4.78 is 14.5. The molecule has 20 heavy (non-hydrogen) atoms. The molecular weight excluding hydrogens is 263 g/mol. The molecule has 1 aromatic rings. The third kappa shape index (κ3) is 2.89. The van der Waals surface area contributed by atoms with Crippen molar-refractivity contribution in [3.8, 4) is 0 Å². The summed E-state index contributed by atoms with van der Waals surface area (Å²) in [5.74, 6) is -0.752. The van der Waals surface area contributed by atoms with Gasteiger partial charge >= 0.3 is 6.09 Å². The Morgan fingerprint density at radius 3 is 2.60 bits per heavy atom. The van der Waals surface area contributed by atoms with Gasteiger partial charge in [0.1, 0.15) is 0 Å². The monoisotopic (exact) mass is 280 g/mol. The van der Waals surface area contributed by atoms with Crippen LogP contribution in [0.4, 0.5) is 9.18 Å². The molecule has 2 N–H and O–H groups in total. The van der Waals surface area contributed by atoms with E-state index in [4.69, 9.17) is 5.11 Å². The van der Waals surface area contributed by atoms with Gasteiger partial charge in [0.15, 0.2) is 0 Å². The van der Waals surface area contributed by atoms with Gasteiger partial charge in [-0.25, -0.2) is 9.18 Å². The number of nitrogens with zero attached hydrogens (tertiary/aromatic N) is 1.